The number of nitrogens with one attached hydrogen (secondary N) is 3. The number of thioether (sulfide) groups is 1. The van der Waals surface area contributed by atoms with Gasteiger partial charge in [-0.25, -0.2) is 14.3 Å². The average Bonchev–Trinajstić information content (AvgIpc) is 3.44. The van der Waals surface area contributed by atoms with Crippen LogP contribution in [0.2, 0.25) is 4.34 Å². The minimum atomic E-state index is -1.87. The monoisotopic (exact) mass is 807 g/mol. The lowest BCUT2D eigenvalue weighted by atomic mass is 10.0. The molecule has 3 amide bonds. The van der Waals surface area contributed by atoms with Crippen LogP contribution >= 0.6 is 34.7 Å². The molecule has 1 fully saturated rings. The molecule has 0 spiro atoms. The van der Waals surface area contributed by atoms with Crippen molar-refractivity contribution in [1.82, 2.24) is 30.2 Å². The number of aromatic nitrogens is 4. The Labute approximate surface area is 316 Å². The number of carbonyl (C=O) groups excluding carboxylic acids is 4. The third kappa shape index (κ3) is 8.08. The van der Waals surface area contributed by atoms with Gasteiger partial charge in [0, 0.05) is 30.5 Å². The molecular weight excluding hydrogens is 778 g/mol. The van der Waals surface area contributed by atoms with Gasteiger partial charge in [-0.2, -0.15) is 4.73 Å². The number of carboxylic acids is 2. The van der Waals surface area contributed by atoms with Crippen molar-refractivity contribution in [2.45, 2.75) is 37.4 Å². The van der Waals surface area contributed by atoms with Crippen molar-refractivity contribution in [1.29, 1.82) is 0 Å². The Morgan fingerprint density at radius 3 is 2.61 bits per heavy atom. The number of nitrogen functional groups attached to an aromatic ring is 2. The number of nitrogens with two attached hydrogens (primary N) is 2. The number of thiazole rings is 1. The van der Waals surface area contributed by atoms with E-state index in [9.17, 15) is 49.3 Å². The van der Waals surface area contributed by atoms with Crippen LogP contribution in [-0.4, -0.2) is 106 Å². The number of anilines is 3. The molecule has 286 valence electrons. The van der Waals surface area contributed by atoms with Crippen LogP contribution in [-0.2, 0) is 30.6 Å². The number of rotatable bonds is 14. The first-order valence-corrected chi connectivity index (χ1v) is 17.6. The Bertz CT molecular complexity index is 2190. The summed E-state index contributed by atoms with van der Waals surface area (Å²) in [6.07, 6.45) is 3.52. The molecule has 5 rings (SSSR count). The van der Waals surface area contributed by atoms with Crippen LogP contribution in [0.3, 0.4) is 0 Å². The van der Waals surface area contributed by atoms with Gasteiger partial charge in [0.1, 0.15) is 45.6 Å². The highest BCUT2D eigenvalue weighted by atomic mass is 35.5. The molecule has 3 aromatic rings. The van der Waals surface area contributed by atoms with Crippen LogP contribution in [0, 0.1) is 0 Å². The smallest absolute Gasteiger partial charge is 0.350 e. The first kappa shape index (κ1) is 39.1. The zero-order chi connectivity index (χ0) is 39.6. The first-order chi connectivity index (χ1) is 25.4. The molecule has 0 radical (unpaired) electrons. The topological polar surface area (TPSA) is 334 Å². The van der Waals surface area contributed by atoms with Crippen molar-refractivity contribution < 1.29 is 53.9 Å². The molecule has 1 saturated heterocycles. The number of carboxylic acid groups (broad SMARTS) is 2. The number of aliphatic carboxylic acids is 2. The van der Waals surface area contributed by atoms with Gasteiger partial charge in [-0.1, -0.05) is 28.1 Å². The third-order valence-electron chi connectivity index (χ3n) is 7.71. The van der Waals surface area contributed by atoms with Crippen LogP contribution in [0.15, 0.2) is 46.0 Å². The Kier molecular flexibility index (Phi) is 11.2. The zero-order valence-electron chi connectivity index (χ0n) is 27.9. The second-order valence-electron chi connectivity index (χ2n) is 11.9. The summed E-state index contributed by atoms with van der Waals surface area (Å²) >= 11 is 8.14. The summed E-state index contributed by atoms with van der Waals surface area (Å²) in [6, 6.07) is -0.483. The number of fused-ring (bicyclic) bond motifs is 1. The number of oxime groups is 1. The van der Waals surface area contributed by atoms with E-state index >= 15 is 0 Å². The SMILES string of the molecule is CC(C)(O/N=C(\C(=O)N[C@@H]1C(=O)N2C(C(=O)[O-])=C(C[n+]3cnc(N)c(NCCNC(=O)c4cc(=O)c(O)cn4O)c3)CS[C@H]12)c1nc(N)sc1Cl)C(=O)O. The minimum Gasteiger partial charge on any atom is -0.543 e. The summed E-state index contributed by atoms with van der Waals surface area (Å²) < 4.78 is 1.73. The maximum Gasteiger partial charge on any atom is 0.350 e. The number of pyridine rings is 1. The highest BCUT2D eigenvalue weighted by Gasteiger charge is 2.53. The second kappa shape index (κ2) is 15.5. The number of halogens is 1. The van der Waals surface area contributed by atoms with Crippen molar-refractivity contribution in [3.8, 4) is 5.75 Å². The normalized spacial score (nSPS) is 17.0. The maximum absolute atomic E-state index is 13.4. The summed E-state index contributed by atoms with van der Waals surface area (Å²) in [5.41, 5.74) is 7.91. The fourth-order valence-electron chi connectivity index (χ4n) is 4.92. The molecule has 2 aliphatic rings. The molecule has 25 heteroatoms. The molecular formula is C29H30ClN11O11S2. The second-order valence-corrected chi connectivity index (χ2v) is 14.6. The summed E-state index contributed by atoms with van der Waals surface area (Å²) in [7, 11) is 0. The lowest BCUT2D eigenvalue weighted by Gasteiger charge is -2.50. The van der Waals surface area contributed by atoms with Gasteiger partial charge in [0.25, 0.3) is 29.9 Å². The third-order valence-corrected chi connectivity index (χ3v) is 10.1. The van der Waals surface area contributed by atoms with Gasteiger partial charge < -0.3 is 57.6 Å². The van der Waals surface area contributed by atoms with Gasteiger partial charge in [0.2, 0.25) is 11.0 Å². The minimum absolute atomic E-state index is 0.0133. The van der Waals surface area contributed by atoms with Gasteiger partial charge in [-0.05, 0) is 18.8 Å². The van der Waals surface area contributed by atoms with Crippen molar-refractivity contribution >= 4 is 86.7 Å². The van der Waals surface area contributed by atoms with E-state index in [1.165, 1.54) is 30.9 Å². The van der Waals surface area contributed by atoms with Gasteiger partial charge >= 0.3 is 5.97 Å². The Hall–Kier alpha value is -6.14. The number of hydrogen-bond donors (Lipinski definition) is 8. The Balaban J connectivity index is 1.26. The average molecular weight is 808 g/mol. The molecule has 0 aliphatic carbocycles. The van der Waals surface area contributed by atoms with E-state index in [1.54, 1.807) is 0 Å². The molecule has 5 heterocycles. The van der Waals surface area contributed by atoms with Crippen molar-refractivity contribution in [2.24, 2.45) is 5.16 Å². The molecule has 0 saturated carbocycles. The summed E-state index contributed by atoms with van der Waals surface area (Å²) in [5.74, 6) is -6.27. The lowest BCUT2D eigenvalue weighted by molar-refractivity contribution is -0.691. The molecule has 0 bridgehead atoms. The van der Waals surface area contributed by atoms with E-state index in [2.05, 4.69) is 31.1 Å². The standard InChI is InChI=1S/C29H30ClN11O11S2/c1-29(2,27(49)50)52-38-17(16-20(30)54-28(32)37-16)23(45)36-18-24(46)41-19(26(47)48)11(9-53-25(18)41)6-39-7-12(21(31)35-10-39)33-3-4-34-22(44)13-5-14(42)15(43)8-40(13)51/h5,7-8,10,18,25,31,33,51H,3-4,6,9H2,1-2H3,(H7,32,34,36,37,43,44,45,47,48,49,50)/b38-17-/t18-,25-/m1/s1. The Morgan fingerprint density at radius 2 is 1.96 bits per heavy atom. The summed E-state index contributed by atoms with van der Waals surface area (Å²) in [6.45, 7) is 2.37. The van der Waals surface area contributed by atoms with Crippen molar-refractivity contribution in [3.63, 3.8) is 0 Å². The van der Waals surface area contributed by atoms with Crippen LogP contribution in [0.1, 0.15) is 30.0 Å². The largest absolute Gasteiger partial charge is 0.543 e. The number of hydrogen-bond acceptors (Lipinski definition) is 18. The number of amides is 3. The summed E-state index contributed by atoms with van der Waals surface area (Å²) in [5, 5.41) is 51.6. The van der Waals surface area contributed by atoms with E-state index in [-0.39, 0.29) is 51.9 Å². The Morgan fingerprint density at radius 1 is 1.24 bits per heavy atom. The lowest BCUT2D eigenvalue weighted by Crippen LogP contribution is -2.71. The molecule has 3 aromatic heterocycles. The predicted molar refractivity (Wildman–Crippen MR) is 187 cm³/mol. The molecule has 0 unspecified atom stereocenters. The van der Waals surface area contributed by atoms with E-state index in [1.807, 2.05) is 0 Å². The van der Waals surface area contributed by atoms with Gasteiger partial charge in [-0.15, -0.1) is 11.8 Å². The van der Waals surface area contributed by atoms with Crippen molar-refractivity contribution in [2.75, 3.05) is 35.6 Å². The molecule has 0 aromatic carbocycles. The highest BCUT2D eigenvalue weighted by molar-refractivity contribution is 8.00. The number of carbonyl (C=O) groups is 5. The van der Waals surface area contributed by atoms with E-state index in [4.69, 9.17) is 27.9 Å². The van der Waals surface area contributed by atoms with Gasteiger partial charge in [0.05, 0.1) is 17.9 Å². The predicted octanol–water partition coefficient (Wildman–Crippen LogP) is -2.72. The first-order valence-electron chi connectivity index (χ1n) is 15.3. The summed E-state index contributed by atoms with van der Waals surface area (Å²) in [4.78, 5) is 88.8. The van der Waals surface area contributed by atoms with Crippen LogP contribution in [0.4, 0.5) is 16.6 Å². The molecule has 22 nitrogen and oxygen atoms in total. The van der Waals surface area contributed by atoms with E-state index < -0.39 is 75.0 Å². The van der Waals surface area contributed by atoms with E-state index in [0.29, 0.717) is 16.6 Å². The number of aromatic hydroxyl groups is 1. The van der Waals surface area contributed by atoms with Gasteiger partial charge in [0.15, 0.2) is 16.6 Å². The number of β-lactam (4-membered cyclic amide) rings is 1. The molecule has 10 N–H and O–H groups in total. The highest BCUT2D eigenvalue weighted by Crippen LogP contribution is 2.40. The van der Waals surface area contributed by atoms with E-state index in [0.717, 1.165) is 34.1 Å². The maximum atomic E-state index is 13.4. The van der Waals surface area contributed by atoms with Crippen LogP contribution < -0.4 is 42.5 Å². The molecule has 54 heavy (non-hydrogen) atoms. The molecule has 2 atom stereocenters. The van der Waals surface area contributed by atoms with Crippen LogP contribution in [0.25, 0.3) is 0 Å². The van der Waals surface area contributed by atoms with Crippen molar-refractivity contribution in [3.05, 3.63) is 62.0 Å². The molecule has 2 aliphatic heterocycles. The fraction of sp³-hybridized carbons (Fsp3) is 0.310. The van der Waals surface area contributed by atoms with Gasteiger partial charge in [-0.3, -0.25) is 24.1 Å². The quantitative estimate of drug-likeness (QED) is 0.0205. The number of nitrogens with zero attached hydrogens (tertiary/aromatic N) is 6. The van der Waals surface area contributed by atoms with Crippen LogP contribution in [0.5, 0.6) is 5.75 Å². The fourth-order valence-corrected chi connectivity index (χ4v) is 7.18. The zero-order valence-corrected chi connectivity index (χ0v) is 30.3.